The molecule has 0 saturated carbocycles. The molecule has 7 nitrogen and oxygen atoms in total. The first-order chi connectivity index (χ1) is 19.1. The SMILES string of the molecule is CCCCNC(=O)C(CC)N(Cc1cccc(C)c1)C(=O)CN(c1cc(C)cc(C)c1)S(=O)(=O)c1ccccc1. The van der Waals surface area contributed by atoms with Crippen molar-refractivity contribution in [2.75, 3.05) is 17.4 Å². The first kappa shape index (κ1) is 30.9. The molecule has 0 aliphatic heterocycles. The van der Waals surface area contributed by atoms with Crippen molar-refractivity contribution in [1.82, 2.24) is 10.2 Å². The topological polar surface area (TPSA) is 86.8 Å². The Hall–Kier alpha value is -3.65. The fourth-order valence-corrected chi connectivity index (χ4v) is 6.19. The highest BCUT2D eigenvalue weighted by molar-refractivity contribution is 7.92. The van der Waals surface area contributed by atoms with Crippen LogP contribution < -0.4 is 9.62 Å². The number of nitrogens with zero attached hydrogens (tertiary/aromatic N) is 2. The van der Waals surface area contributed by atoms with Crippen molar-refractivity contribution >= 4 is 27.5 Å². The summed E-state index contributed by atoms with van der Waals surface area (Å²) in [6.45, 7) is 9.94. The Morgan fingerprint density at radius 3 is 2.12 bits per heavy atom. The Labute approximate surface area is 239 Å². The molecule has 0 radical (unpaired) electrons. The van der Waals surface area contributed by atoms with Gasteiger partial charge in [0.1, 0.15) is 12.6 Å². The lowest BCUT2D eigenvalue weighted by Gasteiger charge is -2.33. The number of sulfonamides is 1. The van der Waals surface area contributed by atoms with Crippen molar-refractivity contribution in [1.29, 1.82) is 0 Å². The molecule has 0 heterocycles. The Morgan fingerprint density at radius 1 is 0.850 bits per heavy atom. The van der Waals surface area contributed by atoms with Crippen LogP contribution in [-0.2, 0) is 26.2 Å². The van der Waals surface area contributed by atoms with Crippen LogP contribution in [-0.4, -0.2) is 44.3 Å². The monoisotopic (exact) mass is 563 g/mol. The van der Waals surface area contributed by atoms with Crippen LogP contribution in [0, 0.1) is 20.8 Å². The minimum atomic E-state index is -4.08. The minimum absolute atomic E-state index is 0.0940. The third-order valence-corrected chi connectivity index (χ3v) is 8.54. The number of aryl methyl sites for hydroxylation is 3. The molecule has 8 heteroatoms. The summed E-state index contributed by atoms with van der Waals surface area (Å²) < 4.78 is 29.0. The molecule has 214 valence electrons. The van der Waals surface area contributed by atoms with Crippen LogP contribution in [0.5, 0.6) is 0 Å². The van der Waals surface area contributed by atoms with Gasteiger partial charge in [-0.15, -0.1) is 0 Å². The number of rotatable bonds is 13. The van der Waals surface area contributed by atoms with Crippen molar-refractivity contribution in [3.05, 3.63) is 95.1 Å². The van der Waals surface area contributed by atoms with E-state index in [9.17, 15) is 18.0 Å². The summed E-state index contributed by atoms with van der Waals surface area (Å²) in [4.78, 5) is 29.0. The lowest BCUT2D eigenvalue weighted by Crippen LogP contribution is -2.52. The molecule has 3 aromatic rings. The van der Waals surface area contributed by atoms with Crippen molar-refractivity contribution < 1.29 is 18.0 Å². The van der Waals surface area contributed by atoms with Gasteiger partial charge in [-0.3, -0.25) is 13.9 Å². The van der Waals surface area contributed by atoms with Gasteiger partial charge in [-0.05, 0) is 74.6 Å². The van der Waals surface area contributed by atoms with Crippen LogP contribution in [0.4, 0.5) is 5.69 Å². The van der Waals surface area contributed by atoms with Gasteiger partial charge in [-0.2, -0.15) is 0 Å². The van der Waals surface area contributed by atoms with E-state index in [-0.39, 0.29) is 17.3 Å². The number of nitrogens with one attached hydrogen (secondary N) is 1. The summed E-state index contributed by atoms with van der Waals surface area (Å²) in [5.41, 5.74) is 4.08. The number of amides is 2. The summed E-state index contributed by atoms with van der Waals surface area (Å²) in [5, 5.41) is 2.96. The summed E-state index contributed by atoms with van der Waals surface area (Å²) in [5.74, 6) is -0.682. The standard InChI is InChI=1S/C32H41N3O4S/c1-6-8-17-33-32(37)30(7-2)34(22-27-14-12-13-24(3)19-27)31(36)23-35(28-20-25(4)18-26(5)21-28)40(38,39)29-15-10-9-11-16-29/h9-16,18-21,30H,6-8,17,22-23H2,1-5H3,(H,33,37). The third-order valence-electron chi connectivity index (χ3n) is 6.76. The average Bonchev–Trinajstić information content (AvgIpc) is 2.91. The minimum Gasteiger partial charge on any atom is -0.354 e. The lowest BCUT2D eigenvalue weighted by molar-refractivity contribution is -0.140. The number of hydrogen-bond acceptors (Lipinski definition) is 4. The molecular formula is C32H41N3O4S. The largest absolute Gasteiger partial charge is 0.354 e. The molecule has 3 aromatic carbocycles. The molecule has 0 aromatic heterocycles. The molecule has 2 amide bonds. The molecule has 1 N–H and O–H groups in total. The second-order valence-electron chi connectivity index (χ2n) is 10.2. The Balaban J connectivity index is 2.06. The van der Waals surface area contributed by atoms with Gasteiger partial charge in [0.25, 0.3) is 10.0 Å². The number of carbonyl (C=O) groups is 2. The number of hydrogen-bond donors (Lipinski definition) is 1. The van der Waals surface area contributed by atoms with E-state index < -0.39 is 28.5 Å². The van der Waals surface area contributed by atoms with Crippen LogP contribution in [0.25, 0.3) is 0 Å². The molecule has 0 saturated heterocycles. The second kappa shape index (κ2) is 14.1. The maximum absolute atomic E-state index is 14.1. The fraction of sp³-hybridized carbons (Fsp3) is 0.375. The van der Waals surface area contributed by atoms with E-state index in [1.807, 2.05) is 65.0 Å². The second-order valence-corrected chi connectivity index (χ2v) is 12.1. The summed E-state index contributed by atoms with van der Waals surface area (Å²) >= 11 is 0. The van der Waals surface area contributed by atoms with E-state index in [4.69, 9.17) is 0 Å². The number of carbonyl (C=O) groups excluding carboxylic acids is 2. The molecule has 1 atom stereocenters. The molecule has 1 unspecified atom stereocenters. The normalized spacial score (nSPS) is 12.0. The van der Waals surface area contributed by atoms with Gasteiger partial charge in [-0.25, -0.2) is 8.42 Å². The van der Waals surface area contributed by atoms with E-state index in [1.54, 1.807) is 30.3 Å². The maximum atomic E-state index is 14.1. The average molecular weight is 564 g/mol. The first-order valence-corrected chi connectivity index (χ1v) is 15.3. The molecule has 0 aliphatic carbocycles. The van der Waals surface area contributed by atoms with E-state index in [0.29, 0.717) is 18.7 Å². The smallest absolute Gasteiger partial charge is 0.264 e. The van der Waals surface area contributed by atoms with Crippen LogP contribution in [0.1, 0.15) is 55.4 Å². The van der Waals surface area contributed by atoms with E-state index in [1.165, 1.54) is 17.0 Å². The maximum Gasteiger partial charge on any atom is 0.264 e. The molecule has 40 heavy (non-hydrogen) atoms. The van der Waals surface area contributed by atoms with Gasteiger partial charge in [0.05, 0.1) is 10.6 Å². The number of unbranched alkanes of at least 4 members (excludes halogenated alkanes) is 1. The van der Waals surface area contributed by atoms with Gasteiger partial charge in [0.2, 0.25) is 11.8 Å². The van der Waals surface area contributed by atoms with E-state index >= 15 is 0 Å². The third kappa shape index (κ3) is 7.94. The van der Waals surface area contributed by atoms with Crippen molar-refractivity contribution in [3.8, 4) is 0 Å². The van der Waals surface area contributed by atoms with Gasteiger partial charge in [0, 0.05) is 13.1 Å². The molecule has 3 rings (SSSR count). The van der Waals surface area contributed by atoms with E-state index in [2.05, 4.69) is 5.32 Å². The van der Waals surface area contributed by atoms with Crippen molar-refractivity contribution in [2.45, 2.75) is 71.4 Å². The zero-order valence-corrected chi connectivity index (χ0v) is 25.0. The fourth-order valence-electron chi connectivity index (χ4n) is 4.78. The first-order valence-electron chi connectivity index (χ1n) is 13.9. The molecule has 0 spiro atoms. The van der Waals surface area contributed by atoms with Gasteiger partial charge in [0.15, 0.2) is 0 Å². The predicted molar refractivity (Wildman–Crippen MR) is 161 cm³/mol. The molecular weight excluding hydrogens is 522 g/mol. The zero-order valence-electron chi connectivity index (χ0n) is 24.2. The predicted octanol–water partition coefficient (Wildman–Crippen LogP) is 5.53. The Kier molecular flexibility index (Phi) is 10.9. The Morgan fingerprint density at radius 2 is 1.52 bits per heavy atom. The highest BCUT2D eigenvalue weighted by atomic mass is 32.2. The molecule has 0 aliphatic rings. The Bertz CT molecular complexity index is 1390. The van der Waals surface area contributed by atoms with Crippen LogP contribution in [0.2, 0.25) is 0 Å². The van der Waals surface area contributed by atoms with Crippen LogP contribution in [0.3, 0.4) is 0 Å². The van der Waals surface area contributed by atoms with Gasteiger partial charge in [-0.1, -0.05) is 74.4 Å². The lowest BCUT2D eigenvalue weighted by atomic mass is 10.1. The van der Waals surface area contributed by atoms with E-state index in [0.717, 1.165) is 39.4 Å². The highest BCUT2D eigenvalue weighted by Gasteiger charge is 2.33. The van der Waals surface area contributed by atoms with Gasteiger partial charge < -0.3 is 10.2 Å². The van der Waals surface area contributed by atoms with Gasteiger partial charge >= 0.3 is 0 Å². The number of benzene rings is 3. The number of anilines is 1. The van der Waals surface area contributed by atoms with Crippen molar-refractivity contribution in [3.63, 3.8) is 0 Å². The highest BCUT2D eigenvalue weighted by Crippen LogP contribution is 2.27. The zero-order chi connectivity index (χ0) is 29.3. The summed E-state index contributed by atoms with van der Waals surface area (Å²) in [6.07, 6.45) is 2.17. The van der Waals surface area contributed by atoms with Crippen LogP contribution in [0.15, 0.2) is 77.7 Å². The summed E-state index contributed by atoms with van der Waals surface area (Å²) in [7, 11) is -4.08. The van der Waals surface area contributed by atoms with Crippen LogP contribution >= 0.6 is 0 Å². The molecule has 0 fully saturated rings. The quantitative estimate of drug-likeness (QED) is 0.277. The summed E-state index contributed by atoms with van der Waals surface area (Å²) in [6, 6.07) is 20.6. The molecule has 0 bridgehead atoms. The van der Waals surface area contributed by atoms with Crippen molar-refractivity contribution in [2.24, 2.45) is 0 Å².